The van der Waals surface area contributed by atoms with E-state index in [0.717, 1.165) is 5.56 Å². The van der Waals surface area contributed by atoms with Crippen LogP contribution in [0, 0.1) is 13.8 Å². The summed E-state index contributed by atoms with van der Waals surface area (Å²) >= 11 is 0. The van der Waals surface area contributed by atoms with Gasteiger partial charge < -0.3 is 4.74 Å². The molecular weight excluding hydrogens is 326 g/mol. The number of aryl methyl sites for hydroxylation is 1. The standard InChI is InChI=1S/C18H19NO4S/c1-12-10-11-16(23-14(3)20)17(13(12)2)18(21)19-24(4,22)15-8-6-5-7-9-15/h5-11H,1-4H3. The largest absolute Gasteiger partial charge is 0.426 e. The summed E-state index contributed by atoms with van der Waals surface area (Å²) in [7, 11) is -2.90. The van der Waals surface area contributed by atoms with E-state index in [4.69, 9.17) is 4.74 Å². The highest BCUT2D eigenvalue weighted by Crippen LogP contribution is 2.27. The highest BCUT2D eigenvalue weighted by atomic mass is 32.2. The van der Waals surface area contributed by atoms with Crippen LogP contribution in [0.25, 0.3) is 0 Å². The van der Waals surface area contributed by atoms with Crippen LogP contribution < -0.4 is 4.74 Å². The SMILES string of the molecule is CC(=O)Oc1ccc(C)c(C)c1C(=O)N=S(C)(=O)c1ccccc1. The molecule has 0 N–H and O–H groups in total. The molecule has 0 aliphatic rings. The number of amides is 1. The van der Waals surface area contributed by atoms with Crippen molar-refractivity contribution in [3.63, 3.8) is 0 Å². The molecule has 0 fully saturated rings. The molecule has 6 heteroatoms. The molecule has 0 saturated carbocycles. The molecule has 5 nitrogen and oxygen atoms in total. The van der Waals surface area contributed by atoms with E-state index in [2.05, 4.69) is 4.36 Å². The third kappa shape index (κ3) is 3.89. The van der Waals surface area contributed by atoms with Crippen molar-refractivity contribution in [2.24, 2.45) is 4.36 Å². The summed E-state index contributed by atoms with van der Waals surface area (Å²) in [5.74, 6) is -1.07. The Kier molecular flexibility index (Phi) is 5.19. The molecule has 0 bridgehead atoms. The Balaban J connectivity index is 2.58. The second-order valence-corrected chi connectivity index (χ2v) is 7.75. The minimum Gasteiger partial charge on any atom is -0.426 e. The van der Waals surface area contributed by atoms with Crippen LogP contribution in [-0.4, -0.2) is 22.3 Å². The number of nitrogens with zero attached hydrogens (tertiary/aromatic N) is 1. The van der Waals surface area contributed by atoms with E-state index in [1.54, 1.807) is 49.4 Å². The third-order valence-corrected chi connectivity index (χ3v) is 5.26. The number of carbonyl (C=O) groups is 2. The van der Waals surface area contributed by atoms with E-state index in [1.807, 2.05) is 6.92 Å². The number of ether oxygens (including phenoxy) is 1. The number of hydrogen-bond donors (Lipinski definition) is 0. The van der Waals surface area contributed by atoms with Crippen molar-refractivity contribution < 1.29 is 18.5 Å². The third-order valence-electron chi connectivity index (χ3n) is 3.60. The van der Waals surface area contributed by atoms with Crippen LogP contribution in [0.2, 0.25) is 0 Å². The van der Waals surface area contributed by atoms with E-state index in [0.29, 0.717) is 10.5 Å². The lowest BCUT2D eigenvalue weighted by molar-refractivity contribution is -0.131. The number of rotatable bonds is 3. The Hall–Kier alpha value is -2.47. The second-order valence-electron chi connectivity index (χ2n) is 5.49. The van der Waals surface area contributed by atoms with Crippen molar-refractivity contribution in [3.05, 3.63) is 59.2 Å². The van der Waals surface area contributed by atoms with Gasteiger partial charge in [-0.25, -0.2) is 4.21 Å². The van der Waals surface area contributed by atoms with Crippen molar-refractivity contribution in [2.75, 3.05) is 6.26 Å². The number of hydrogen-bond acceptors (Lipinski definition) is 4. The summed E-state index contributed by atoms with van der Waals surface area (Å²) in [4.78, 5) is 24.4. The zero-order valence-corrected chi connectivity index (χ0v) is 14.8. The van der Waals surface area contributed by atoms with Crippen LogP contribution in [0.4, 0.5) is 0 Å². The Morgan fingerprint density at radius 1 is 1.04 bits per heavy atom. The summed E-state index contributed by atoms with van der Waals surface area (Å²) < 4.78 is 21.8. The Bertz CT molecular complexity index is 910. The van der Waals surface area contributed by atoms with Crippen molar-refractivity contribution >= 4 is 21.6 Å². The predicted octanol–water partition coefficient (Wildman–Crippen LogP) is 3.53. The van der Waals surface area contributed by atoms with Gasteiger partial charge in [0.2, 0.25) is 0 Å². The summed E-state index contributed by atoms with van der Waals surface area (Å²) in [6.45, 7) is 4.84. The summed E-state index contributed by atoms with van der Waals surface area (Å²) in [6, 6.07) is 11.9. The van der Waals surface area contributed by atoms with Crippen LogP contribution in [0.3, 0.4) is 0 Å². The Morgan fingerprint density at radius 2 is 1.67 bits per heavy atom. The first-order valence-electron chi connectivity index (χ1n) is 7.32. The lowest BCUT2D eigenvalue weighted by Crippen LogP contribution is -2.11. The van der Waals surface area contributed by atoms with Crippen molar-refractivity contribution in [1.82, 2.24) is 0 Å². The van der Waals surface area contributed by atoms with Gasteiger partial charge in [0, 0.05) is 18.1 Å². The molecule has 24 heavy (non-hydrogen) atoms. The molecule has 1 amide bonds. The van der Waals surface area contributed by atoms with E-state index in [1.165, 1.54) is 13.2 Å². The molecule has 0 aromatic heterocycles. The average Bonchev–Trinajstić information content (AvgIpc) is 2.51. The fraction of sp³-hybridized carbons (Fsp3) is 0.222. The lowest BCUT2D eigenvalue weighted by Gasteiger charge is -2.12. The fourth-order valence-corrected chi connectivity index (χ4v) is 3.40. The Labute approximate surface area is 141 Å². The molecule has 0 aliphatic carbocycles. The molecule has 126 valence electrons. The monoisotopic (exact) mass is 345 g/mol. The smallest absolute Gasteiger partial charge is 0.308 e. The zero-order valence-electron chi connectivity index (χ0n) is 14.0. The van der Waals surface area contributed by atoms with Crippen molar-refractivity contribution in [2.45, 2.75) is 25.7 Å². The van der Waals surface area contributed by atoms with Crippen molar-refractivity contribution in [1.29, 1.82) is 0 Å². The van der Waals surface area contributed by atoms with Gasteiger partial charge in [-0.15, -0.1) is 0 Å². The van der Waals surface area contributed by atoms with Crippen LogP contribution in [-0.2, 0) is 14.5 Å². The lowest BCUT2D eigenvalue weighted by atomic mass is 10.0. The molecule has 2 aromatic rings. The number of carbonyl (C=O) groups excluding carboxylic acids is 2. The topological polar surface area (TPSA) is 72.8 Å². The van der Waals surface area contributed by atoms with Gasteiger partial charge in [0.15, 0.2) is 0 Å². The summed E-state index contributed by atoms with van der Waals surface area (Å²) in [5, 5.41) is 0. The normalized spacial score (nSPS) is 13.0. The van der Waals surface area contributed by atoms with E-state index >= 15 is 0 Å². The fourth-order valence-electron chi connectivity index (χ4n) is 2.23. The number of esters is 1. The van der Waals surface area contributed by atoms with E-state index < -0.39 is 21.6 Å². The Morgan fingerprint density at radius 3 is 2.25 bits per heavy atom. The molecule has 1 unspecified atom stereocenters. The first-order chi connectivity index (χ1) is 11.2. The molecule has 0 heterocycles. The molecular formula is C18H19NO4S. The van der Waals surface area contributed by atoms with Gasteiger partial charge in [-0.3, -0.25) is 9.59 Å². The predicted molar refractivity (Wildman–Crippen MR) is 92.8 cm³/mol. The van der Waals surface area contributed by atoms with Crippen molar-refractivity contribution in [3.8, 4) is 5.75 Å². The zero-order chi connectivity index (χ0) is 17.9. The van der Waals surface area contributed by atoms with Gasteiger partial charge in [-0.05, 0) is 43.2 Å². The highest BCUT2D eigenvalue weighted by Gasteiger charge is 2.20. The van der Waals surface area contributed by atoms with E-state index in [9.17, 15) is 13.8 Å². The van der Waals surface area contributed by atoms with E-state index in [-0.39, 0.29) is 11.3 Å². The van der Waals surface area contributed by atoms with Crippen LogP contribution in [0.1, 0.15) is 28.4 Å². The van der Waals surface area contributed by atoms with Gasteiger partial charge in [-0.1, -0.05) is 24.3 Å². The maximum atomic E-state index is 12.8. The first kappa shape index (κ1) is 17.9. The highest BCUT2D eigenvalue weighted by molar-refractivity contribution is 7.93. The first-order valence-corrected chi connectivity index (χ1v) is 9.25. The minimum atomic E-state index is -2.90. The van der Waals surface area contributed by atoms with Gasteiger partial charge >= 0.3 is 5.97 Å². The maximum absolute atomic E-state index is 12.8. The van der Waals surface area contributed by atoms with Gasteiger partial charge in [0.1, 0.15) is 5.75 Å². The number of benzene rings is 2. The molecule has 2 aromatic carbocycles. The maximum Gasteiger partial charge on any atom is 0.308 e. The van der Waals surface area contributed by atoms with Gasteiger partial charge in [0.05, 0.1) is 15.3 Å². The summed E-state index contributed by atoms with van der Waals surface area (Å²) in [5.41, 5.74) is 1.66. The molecule has 2 rings (SSSR count). The second kappa shape index (κ2) is 6.97. The summed E-state index contributed by atoms with van der Waals surface area (Å²) in [6.07, 6.45) is 1.41. The molecule has 1 atom stereocenters. The molecule has 0 aliphatic heterocycles. The van der Waals surface area contributed by atoms with Gasteiger partial charge in [-0.2, -0.15) is 4.36 Å². The quantitative estimate of drug-likeness (QED) is 0.630. The molecule has 0 saturated heterocycles. The molecule has 0 radical (unpaired) electrons. The average molecular weight is 345 g/mol. The van der Waals surface area contributed by atoms with Crippen LogP contribution in [0.5, 0.6) is 5.75 Å². The van der Waals surface area contributed by atoms with Crippen LogP contribution in [0.15, 0.2) is 51.7 Å². The van der Waals surface area contributed by atoms with Gasteiger partial charge in [0.25, 0.3) is 5.91 Å². The van der Waals surface area contributed by atoms with Crippen LogP contribution >= 0.6 is 0 Å². The minimum absolute atomic E-state index is 0.127. The molecule has 0 spiro atoms.